The van der Waals surface area contributed by atoms with Crippen molar-refractivity contribution in [2.75, 3.05) is 13.2 Å². The molecule has 7 heteroatoms. The molecule has 0 fully saturated rings. The van der Waals surface area contributed by atoms with Crippen molar-refractivity contribution >= 4 is 23.5 Å². The maximum absolute atomic E-state index is 11.7. The zero-order chi connectivity index (χ0) is 14.3. The molecule has 1 rings (SSSR count). The summed E-state index contributed by atoms with van der Waals surface area (Å²) in [5.74, 6) is -2.29. The lowest BCUT2D eigenvalue weighted by molar-refractivity contribution is -0.161. The van der Waals surface area contributed by atoms with Crippen molar-refractivity contribution in [3.05, 3.63) is 23.2 Å². The van der Waals surface area contributed by atoms with Gasteiger partial charge in [-0.25, -0.2) is 4.98 Å². The molecule has 1 heterocycles. The fourth-order valence-corrected chi connectivity index (χ4v) is 1.50. The molecule has 0 aliphatic carbocycles. The summed E-state index contributed by atoms with van der Waals surface area (Å²) in [6.45, 7) is 3.73. The van der Waals surface area contributed by atoms with Crippen LogP contribution < -0.4 is 0 Å². The zero-order valence-electron chi connectivity index (χ0n) is 10.8. The van der Waals surface area contributed by atoms with E-state index in [2.05, 4.69) is 9.97 Å². The van der Waals surface area contributed by atoms with E-state index in [1.807, 2.05) is 0 Å². The van der Waals surface area contributed by atoms with Crippen molar-refractivity contribution in [1.29, 1.82) is 0 Å². The van der Waals surface area contributed by atoms with E-state index in [-0.39, 0.29) is 24.8 Å². The number of rotatable bonds is 6. The second kappa shape index (κ2) is 7.68. The molecule has 0 amide bonds. The first-order chi connectivity index (χ1) is 9.08. The van der Waals surface area contributed by atoms with Gasteiger partial charge in [0, 0.05) is 6.42 Å². The van der Waals surface area contributed by atoms with Crippen molar-refractivity contribution in [3.63, 3.8) is 0 Å². The van der Waals surface area contributed by atoms with E-state index in [1.165, 1.54) is 12.4 Å². The minimum absolute atomic E-state index is 0.0713. The Morgan fingerprint density at radius 3 is 2.16 bits per heavy atom. The van der Waals surface area contributed by atoms with Crippen LogP contribution in [0.15, 0.2) is 12.4 Å². The standard InChI is InChI=1S/C12H15ClN2O4/c1-3-18-11(16)9(12(17)19-4-2)5-8-6-15-10(13)7-14-8/h6-7,9H,3-5H2,1-2H3. The van der Waals surface area contributed by atoms with Crippen LogP contribution in [0.25, 0.3) is 0 Å². The maximum atomic E-state index is 11.7. The zero-order valence-corrected chi connectivity index (χ0v) is 11.5. The van der Waals surface area contributed by atoms with Gasteiger partial charge in [0.15, 0.2) is 5.92 Å². The fraction of sp³-hybridized carbons (Fsp3) is 0.500. The van der Waals surface area contributed by atoms with Gasteiger partial charge in [-0.05, 0) is 13.8 Å². The number of aromatic nitrogens is 2. The lowest BCUT2D eigenvalue weighted by atomic mass is 10.0. The predicted molar refractivity (Wildman–Crippen MR) is 67.5 cm³/mol. The largest absolute Gasteiger partial charge is 0.465 e. The summed E-state index contributed by atoms with van der Waals surface area (Å²) < 4.78 is 9.71. The number of esters is 2. The number of hydrogen-bond donors (Lipinski definition) is 0. The van der Waals surface area contributed by atoms with Crippen LogP contribution in [0.3, 0.4) is 0 Å². The van der Waals surface area contributed by atoms with E-state index in [4.69, 9.17) is 21.1 Å². The second-order valence-electron chi connectivity index (χ2n) is 3.59. The number of nitrogens with zero attached hydrogens (tertiary/aromatic N) is 2. The van der Waals surface area contributed by atoms with E-state index in [9.17, 15) is 9.59 Å². The Labute approximate surface area is 116 Å². The lowest BCUT2D eigenvalue weighted by Crippen LogP contribution is -2.30. The fourth-order valence-electron chi connectivity index (χ4n) is 1.40. The third-order valence-electron chi connectivity index (χ3n) is 2.23. The highest BCUT2D eigenvalue weighted by atomic mass is 35.5. The van der Waals surface area contributed by atoms with Crippen LogP contribution in [-0.4, -0.2) is 35.1 Å². The highest BCUT2D eigenvalue weighted by Gasteiger charge is 2.30. The molecule has 1 aromatic heterocycles. The minimum Gasteiger partial charge on any atom is -0.465 e. The molecular formula is C12H15ClN2O4. The average Bonchev–Trinajstić information content (AvgIpc) is 2.38. The van der Waals surface area contributed by atoms with E-state index in [0.29, 0.717) is 5.69 Å². The Bertz CT molecular complexity index is 418. The smallest absolute Gasteiger partial charge is 0.320 e. The molecule has 0 aromatic carbocycles. The van der Waals surface area contributed by atoms with Crippen molar-refractivity contribution in [3.8, 4) is 0 Å². The quantitative estimate of drug-likeness (QED) is 0.581. The first kappa shape index (κ1) is 15.4. The Kier molecular flexibility index (Phi) is 6.21. The Hall–Kier alpha value is -1.69. The van der Waals surface area contributed by atoms with Crippen LogP contribution in [0.5, 0.6) is 0 Å². The van der Waals surface area contributed by atoms with Gasteiger partial charge >= 0.3 is 11.9 Å². The molecule has 104 valence electrons. The summed E-state index contributed by atoms with van der Waals surface area (Å²) in [7, 11) is 0. The molecule has 1 aromatic rings. The molecular weight excluding hydrogens is 272 g/mol. The molecule has 0 saturated carbocycles. The molecule has 0 unspecified atom stereocenters. The summed E-state index contributed by atoms with van der Waals surface area (Å²) in [6, 6.07) is 0. The molecule has 0 atom stereocenters. The van der Waals surface area contributed by atoms with Gasteiger partial charge < -0.3 is 9.47 Å². The highest BCUT2D eigenvalue weighted by molar-refractivity contribution is 6.29. The molecule has 0 aliphatic rings. The number of carbonyl (C=O) groups is 2. The Morgan fingerprint density at radius 2 is 1.74 bits per heavy atom. The first-order valence-electron chi connectivity index (χ1n) is 5.88. The molecule has 0 radical (unpaired) electrons. The lowest BCUT2D eigenvalue weighted by Gasteiger charge is -2.13. The van der Waals surface area contributed by atoms with Crippen molar-refractivity contribution < 1.29 is 19.1 Å². The normalized spacial score (nSPS) is 10.3. The van der Waals surface area contributed by atoms with E-state index in [1.54, 1.807) is 13.8 Å². The average molecular weight is 287 g/mol. The van der Waals surface area contributed by atoms with Crippen molar-refractivity contribution in [1.82, 2.24) is 9.97 Å². The van der Waals surface area contributed by atoms with Gasteiger partial charge in [-0.2, -0.15) is 0 Å². The van der Waals surface area contributed by atoms with Gasteiger partial charge in [0.05, 0.1) is 31.3 Å². The maximum Gasteiger partial charge on any atom is 0.320 e. The third-order valence-corrected chi connectivity index (χ3v) is 2.42. The molecule has 0 N–H and O–H groups in total. The molecule has 0 aliphatic heterocycles. The molecule has 19 heavy (non-hydrogen) atoms. The van der Waals surface area contributed by atoms with Crippen LogP contribution in [0.1, 0.15) is 19.5 Å². The SMILES string of the molecule is CCOC(=O)C(Cc1cnc(Cl)cn1)C(=O)OCC. The number of hydrogen-bond acceptors (Lipinski definition) is 6. The summed E-state index contributed by atoms with van der Waals surface area (Å²) in [5, 5.41) is 0.243. The van der Waals surface area contributed by atoms with Gasteiger partial charge in [-0.3, -0.25) is 14.6 Å². The summed E-state index contributed by atoms with van der Waals surface area (Å²) >= 11 is 5.62. The van der Waals surface area contributed by atoms with Gasteiger partial charge in [0.2, 0.25) is 0 Å². The van der Waals surface area contributed by atoms with Gasteiger partial charge in [-0.15, -0.1) is 0 Å². The van der Waals surface area contributed by atoms with Crippen LogP contribution >= 0.6 is 11.6 Å². The molecule has 6 nitrogen and oxygen atoms in total. The van der Waals surface area contributed by atoms with E-state index in [0.717, 1.165) is 0 Å². The van der Waals surface area contributed by atoms with Crippen LogP contribution in [-0.2, 0) is 25.5 Å². The van der Waals surface area contributed by atoms with Crippen LogP contribution in [0, 0.1) is 5.92 Å². The highest BCUT2D eigenvalue weighted by Crippen LogP contribution is 2.12. The van der Waals surface area contributed by atoms with Crippen molar-refractivity contribution in [2.24, 2.45) is 5.92 Å². The third kappa shape index (κ3) is 4.82. The monoisotopic (exact) mass is 286 g/mol. The van der Waals surface area contributed by atoms with Crippen molar-refractivity contribution in [2.45, 2.75) is 20.3 Å². The van der Waals surface area contributed by atoms with Gasteiger partial charge in [0.1, 0.15) is 5.15 Å². The second-order valence-corrected chi connectivity index (χ2v) is 3.98. The van der Waals surface area contributed by atoms with Gasteiger partial charge in [-0.1, -0.05) is 11.6 Å². The van der Waals surface area contributed by atoms with Gasteiger partial charge in [0.25, 0.3) is 0 Å². The molecule has 0 saturated heterocycles. The van der Waals surface area contributed by atoms with E-state index >= 15 is 0 Å². The minimum atomic E-state index is -1.03. The number of carbonyl (C=O) groups excluding carboxylic acids is 2. The Morgan fingerprint density at radius 1 is 1.16 bits per heavy atom. The number of halogens is 1. The summed E-state index contributed by atoms with van der Waals surface area (Å²) in [4.78, 5) is 31.3. The molecule has 0 bridgehead atoms. The predicted octanol–water partition coefficient (Wildman–Crippen LogP) is 1.41. The van der Waals surface area contributed by atoms with Crippen LogP contribution in [0.2, 0.25) is 5.15 Å². The molecule has 0 spiro atoms. The summed E-state index contributed by atoms with van der Waals surface area (Å²) in [6.07, 6.45) is 2.83. The Balaban J connectivity index is 2.81. The topological polar surface area (TPSA) is 78.4 Å². The number of ether oxygens (including phenoxy) is 2. The summed E-state index contributed by atoms with van der Waals surface area (Å²) in [5.41, 5.74) is 0.468. The van der Waals surface area contributed by atoms with Crippen LogP contribution in [0.4, 0.5) is 0 Å². The first-order valence-corrected chi connectivity index (χ1v) is 6.26. The van der Waals surface area contributed by atoms with E-state index < -0.39 is 17.9 Å².